The van der Waals surface area contributed by atoms with Crippen LogP contribution in [0.4, 0.5) is 5.82 Å². The van der Waals surface area contributed by atoms with Gasteiger partial charge in [-0.3, -0.25) is 0 Å². The van der Waals surface area contributed by atoms with Gasteiger partial charge in [-0.05, 0) is 31.0 Å². The summed E-state index contributed by atoms with van der Waals surface area (Å²) in [6, 6.07) is 5.84. The first-order chi connectivity index (χ1) is 12.2. The smallest absolute Gasteiger partial charge is 0.152 e. The monoisotopic (exact) mass is 362 g/mol. The minimum Gasteiger partial charge on any atom is -0.494 e. The Labute approximate surface area is 151 Å². The second-order valence-electron chi connectivity index (χ2n) is 5.88. The lowest BCUT2D eigenvalue weighted by atomic mass is 10.1. The van der Waals surface area contributed by atoms with E-state index in [0.29, 0.717) is 30.4 Å². The molecule has 0 aliphatic rings. The number of fused-ring (bicyclic) bond motifs is 3. The normalized spacial score (nSPS) is 11.5. The van der Waals surface area contributed by atoms with E-state index in [4.69, 9.17) is 26.8 Å². The third kappa shape index (κ3) is 3.50. The largest absolute Gasteiger partial charge is 0.494 e. The van der Waals surface area contributed by atoms with Gasteiger partial charge in [0, 0.05) is 24.9 Å². The fraction of sp³-hybridized carbons (Fsp3) is 0.444. The Morgan fingerprint density at radius 3 is 2.84 bits per heavy atom. The van der Waals surface area contributed by atoms with Crippen LogP contribution in [0, 0.1) is 0 Å². The number of methoxy groups -OCH3 is 1. The van der Waals surface area contributed by atoms with Crippen molar-refractivity contribution >= 4 is 39.4 Å². The molecule has 2 heterocycles. The highest BCUT2D eigenvalue weighted by Crippen LogP contribution is 2.31. The van der Waals surface area contributed by atoms with E-state index in [1.165, 1.54) is 0 Å². The Hall–Kier alpha value is -2.05. The van der Waals surface area contributed by atoms with Crippen LogP contribution in [0.1, 0.15) is 25.6 Å². The van der Waals surface area contributed by atoms with Crippen LogP contribution in [-0.2, 0) is 17.9 Å². The van der Waals surface area contributed by atoms with Crippen molar-refractivity contribution in [3.63, 3.8) is 0 Å². The highest BCUT2D eigenvalue weighted by molar-refractivity contribution is 6.17. The molecule has 0 unspecified atom stereocenters. The zero-order valence-corrected chi connectivity index (χ0v) is 15.3. The van der Waals surface area contributed by atoms with Gasteiger partial charge in [-0.25, -0.2) is 9.97 Å². The molecule has 134 valence electrons. The molecule has 1 aromatic carbocycles. The number of anilines is 1. The van der Waals surface area contributed by atoms with E-state index >= 15 is 0 Å². The van der Waals surface area contributed by atoms with Gasteiger partial charge in [0.05, 0.1) is 17.6 Å². The molecule has 0 saturated heterocycles. The zero-order chi connectivity index (χ0) is 17.8. The zero-order valence-electron chi connectivity index (χ0n) is 14.6. The topological polar surface area (TPSA) is 75.2 Å². The van der Waals surface area contributed by atoms with Crippen LogP contribution in [0.2, 0.25) is 0 Å². The number of hydrogen-bond donors (Lipinski definition) is 1. The molecule has 0 atom stereocenters. The van der Waals surface area contributed by atoms with Gasteiger partial charge in [0.25, 0.3) is 0 Å². The Morgan fingerprint density at radius 2 is 2.12 bits per heavy atom. The van der Waals surface area contributed by atoms with Gasteiger partial charge >= 0.3 is 0 Å². The van der Waals surface area contributed by atoms with E-state index < -0.39 is 0 Å². The number of alkyl halides is 1. The van der Waals surface area contributed by atoms with Crippen LogP contribution in [0.15, 0.2) is 18.2 Å². The second kappa shape index (κ2) is 7.89. The maximum Gasteiger partial charge on any atom is 0.152 e. The molecule has 0 saturated carbocycles. The third-order valence-electron chi connectivity index (χ3n) is 4.02. The number of nitrogen functional groups attached to an aromatic ring is 1. The van der Waals surface area contributed by atoms with E-state index in [0.717, 1.165) is 47.4 Å². The number of ether oxygens (including phenoxy) is 2. The van der Waals surface area contributed by atoms with Gasteiger partial charge < -0.3 is 19.8 Å². The standard InChI is InChI=1S/C18H23ClN4O2/c1-3-8-23-15(11-24-2)22-16-17(23)13-10-12(25-9-4-7-19)5-6-14(13)21-18(16)20/h5-6,10H,3-4,7-9,11H2,1-2H3,(H2,20,21). The van der Waals surface area contributed by atoms with E-state index in [-0.39, 0.29) is 0 Å². The Balaban J connectivity index is 2.19. The molecule has 2 N–H and O–H groups in total. The average molecular weight is 363 g/mol. The number of halogens is 1. The minimum atomic E-state index is 0.432. The van der Waals surface area contributed by atoms with Gasteiger partial charge in [-0.15, -0.1) is 11.6 Å². The van der Waals surface area contributed by atoms with Gasteiger partial charge in [0.1, 0.15) is 23.7 Å². The lowest BCUT2D eigenvalue weighted by molar-refractivity contribution is 0.174. The highest BCUT2D eigenvalue weighted by Gasteiger charge is 2.17. The van der Waals surface area contributed by atoms with Crippen LogP contribution < -0.4 is 10.5 Å². The number of benzene rings is 1. The summed E-state index contributed by atoms with van der Waals surface area (Å²) in [5.41, 5.74) is 8.69. The quantitative estimate of drug-likeness (QED) is 0.488. The summed E-state index contributed by atoms with van der Waals surface area (Å²) in [4.78, 5) is 9.17. The fourth-order valence-electron chi connectivity index (χ4n) is 2.97. The van der Waals surface area contributed by atoms with Crippen molar-refractivity contribution < 1.29 is 9.47 Å². The summed E-state index contributed by atoms with van der Waals surface area (Å²) in [5.74, 6) is 2.67. The van der Waals surface area contributed by atoms with Gasteiger partial charge in [-0.2, -0.15) is 0 Å². The summed E-state index contributed by atoms with van der Waals surface area (Å²) in [6.45, 7) is 3.99. The molecule has 0 fully saturated rings. The summed E-state index contributed by atoms with van der Waals surface area (Å²) in [6.07, 6.45) is 1.79. The first-order valence-electron chi connectivity index (χ1n) is 8.45. The molecule has 0 bridgehead atoms. The van der Waals surface area contributed by atoms with Crippen molar-refractivity contribution in [2.75, 3.05) is 25.3 Å². The molecular formula is C18H23ClN4O2. The number of aromatic nitrogens is 3. The minimum absolute atomic E-state index is 0.432. The van der Waals surface area contributed by atoms with Crippen LogP contribution in [-0.4, -0.2) is 34.1 Å². The molecule has 3 aromatic rings. The molecule has 25 heavy (non-hydrogen) atoms. The number of hydrogen-bond acceptors (Lipinski definition) is 5. The number of imidazole rings is 1. The van der Waals surface area contributed by atoms with Crippen LogP contribution >= 0.6 is 11.6 Å². The molecule has 0 spiro atoms. The van der Waals surface area contributed by atoms with Crippen LogP contribution in [0.5, 0.6) is 5.75 Å². The van der Waals surface area contributed by atoms with E-state index in [1.807, 2.05) is 18.2 Å². The van der Waals surface area contributed by atoms with E-state index in [1.54, 1.807) is 7.11 Å². The third-order valence-corrected chi connectivity index (χ3v) is 4.29. The molecule has 7 heteroatoms. The summed E-state index contributed by atoms with van der Waals surface area (Å²) in [7, 11) is 1.66. The molecule has 0 amide bonds. The van der Waals surface area contributed by atoms with Crippen LogP contribution in [0.3, 0.4) is 0 Å². The Kier molecular flexibility index (Phi) is 5.60. The molecule has 6 nitrogen and oxygen atoms in total. The molecule has 0 aliphatic carbocycles. The van der Waals surface area contributed by atoms with E-state index in [9.17, 15) is 0 Å². The second-order valence-corrected chi connectivity index (χ2v) is 6.25. The van der Waals surface area contributed by atoms with Crippen molar-refractivity contribution in [1.82, 2.24) is 14.5 Å². The molecule has 0 radical (unpaired) electrons. The maximum atomic E-state index is 6.16. The lowest BCUT2D eigenvalue weighted by Crippen LogP contribution is -2.05. The predicted molar refractivity (Wildman–Crippen MR) is 101 cm³/mol. The number of aryl methyl sites for hydroxylation is 1. The van der Waals surface area contributed by atoms with Gasteiger partial charge in [0.2, 0.25) is 0 Å². The van der Waals surface area contributed by atoms with Gasteiger partial charge in [-0.1, -0.05) is 6.92 Å². The van der Waals surface area contributed by atoms with Crippen molar-refractivity contribution in [1.29, 1.82) is 0 Å². The van der Waals surface area contributed by atoms with E-state index in [2.05, 4.69) is 21.5 Å². The Bertz CT molecular complexity index is 879. The molecule has 2 aromatic heterocycles. The summed E-state index contributed by atoms with van der Waals surface area (Å²) < 4.78 is 13.3. The van der Waals surface area contributed by atoms with Crippen molar-refractivity contribution in [2.24, 2.45) is 0 Å². The summed E-state index contributed by atoms with van der Waals surface area (Å²) >= 11 is 5.72. The number of nitrogens with zero attached hydrogens (tertiary/aromatic N) is 3. The Morgan fingerprint density at radius 1 is 1.28 bits per heavy atom. The maximum absolute atomic E-state index is 6.16. The highest BCUT2D eigenvalue weighted by atomic mass is 35.5. The molecule has 3 rings (SSSR count). The van der Waals surface area contributed by atoms with Crippen LogP contribution in [0.25, 0.3) is 21.9 Å². The lowest BCUT2D eigenvalue weighted by Gasteiger charge is -2.11. The SMILES string of the molecule is CCCn1c(COC)nc2c(N)nc3ccc(OCCCCl)cc3c21. The number of rotatable bonds is 8. The van der Waals surface area contributed by atoms with Crippen molar-refractivity contribution in [3.05, 3.63) is 24.0 Å². The summed E-state index contributed by atoms with van der Waals surface area (Å²) in [5, 5.41) is 0.982. The first-order valence-corrected chi connectivity index (χ1v) is 8.99. The number of pyridine rings is 1. The molecular weight excluding hydrogens is 340 g/mol. The molecule has 0 aliphatic heterocycles. The fourth-order valence-corrected chi connectivity index (χ4v) is 3.08. The predicted octanol–water partition coefficient (Wildman–Crippen LogP) is 3.73. The van der Waals surface area contributed by atoms with Crippen molar-refractivity contribution in [3.8, 4) is 5.75 Å². The first kappa shape index (κ1) is 17.8. The average Bonchev–Trinajstić information content (AvgIpc) is 2.96. The van der Waals surface area contributed by atoms with Gasteiger partial charge in [0.15, 0.2) is 5.82 Å². The van der Waals surface area contributed by atoms with Crippen molar-refractivity contribution in [2.45, 2.75) is 32.9 Å². The number of nitrogens with two attached hydrogens (primary N) is 1.